The van der Waals surface area contributed by atoms with Crippen molar-refractivity contribution in [1.82, 2.24) is 9.88 Å². The number of sulfonamides is 2. The van der Waals surface area contributed by atoms with Crippen molar-refractivity contribution in [2.24, 2.45) is 0 Å². The second kappa shape index (κ2) is 6.30. The zero-order valence-electron chi connectivity index (χ0n) is 12.8. The van der Waals surface area contributed by atoms with Crippen LogP contribution in [0, 0.1) is 13.8 Å². The van der Waals surface area contributed by atoms with Gasteiger partial charge >= 0.3 is 0 Å². The molecule has 0 spiro atoms. The van der Waals surface area contributed by atoms with Crippen LogP contribution < -0.4 is 9.44 Å². The van der Waals surface area contributed by atoms with Crippen LogP contribution in [-0.4, -0.2) is 28.5 Å². The van der Waals surface area contributed by atoms with E-state index < -0.39 is 20.0 Å². The summed E-state index contributed by atoms with van der Waals surface area (Å²) in [5.74, 6) is 0.182. The second-order valence-electron chi connectivity index (χ2n) is 4.78. The Balaban J connectivity index is 2.28. The van der Waals surface area contributed by atoms with Crippen molar-refractivity contribution in [3.05, 3.63) is 35.7 Å². The number of nitrogens with one attached hydrogen (secondary N) is 2. The summed E-state index contributed by atoms with van der Waals surface area (Å²) in [6, 6.07) is 5.40. The first-order valence-corrected chi connectivity index (χ1v) is 9.69. The van der Waals surface area contributed by atoms with Gasteiger partial charge in [-0.3, -0.25) is 4.72 Å². The summed E-state index contributed by atoms with van der Waals surface area (Å²) in [5, 5.41) is 3.61. The fraction of sp³-hybridized carbons (Fsp3) is 0.308. The molecule has 126 valence electrons. The molecule has 2 rings (SSSR count). The van der Waals surface area contributed by atoms with Crippen LogP contribution >= 0.6 is 0 Å². The van der Waals surface area contributed by atoms with Crippen molar-refractivity contribution in [3.8, 4) is 0 Å². The molecule has 2 aromatic rings. The smallest absolute Gasteiger partial charge is 0.267 e. The highest BCUT2D eigenvalue weighted by molar-refractivity contribution is 7.92. The quantitative estimate of drug-likeness (QED) is 0.804. The Kier molecular flexibility index (Phi) is 4.78. The van der Waals surface area contributed by atoms with Gasteiger partial charge in [-0.25, -0.2) is 21.6 Å². The van der Waals surface area contributed by atoms with Crippen molar-refractivity contribution in [3.63, 3.8) is 0 Å². The monoisotopic (exact) mass is 359 g/mol. The maximum Gasteiger partial charge on any atom is 0.267 e. The van der Waals surface area contributed by atoms with E-state index in [1.807, 2.05) is 0 Å². The van der Waals surface area contributed by atoms with Gasteiger partial charge in [0.1, 0.15) is 5.69 Å². The van der Waals surface area contributed by atoms with E-state index in [0.717, 1.165) is 0 Å². The lowest BCUT2D eigenvalue weighted by Gasteiger charge is -2.09. The number of aryl methyl sites for hydroxylation is 2. The third-order valence-electron chi connectivity index (χ3n) is 2.99. The summed E-state index contributed by atoms with van der Waals surface area (Å²) in [5.41, 5.74) is 0.488. The molecular formula is C13H17N3O5S2. The van der Waals surface area contributed by atoms with Gasteiger partial charge in [-0.1, -0.05) is 12.1 Å². The van der Waals surface area contributed by atoms with Gasteiger partial charge in [-0.2, -0.15) is 0 Å². The predicted octanol–water partition coefficient (Wildman–Crippen LogP) is 1.39. The summed E-state index contributed by atoms with van der Waals surface area (Å²) in [4.78, 5) is 0.0292. The molecule has 0 unspecified atom stereocenters. The van der Waals surface area contributed by atoms with Crippen LogP contribution in [0.4, 0.5) is 5.69 Å². The first-order chi connectivity index (χ1) is 10.7. The molecule has 0 fully saturated rings. The number of rotatable bonds is 6. The van der Waals surface area contributed by atoms with Crippen LogP contribution in [0.1, 0.15) is 18.4 Å². The highest BCUT2D eigenvalue weighted by atomic mass is 32.2. The average Bonchev–Trinajstić information content (AvgIpc) is 2.79. The molecule has 0 amide bonds. The minimum absolute atomic E-state index is 0.0261. The standard InChI is InChI=1S/C13H17N3O5S2/c1-4-14-22(17,18)12-7-5-11(6-8-12)16-23(19,20)13-9(2)15-21-10(13)3/h5-8,14,16H,4H2,1-3H3. The molecule has 1 aromatic carbocycles. The highest BCUT2D eigenvalue weighted by Gasteiger charge is 2.24. The second-order valence-corrected chi connectivity index (χ2v) is 8.17. The van der Waals surface area contributed by atoms with Crippen LogP contribution in [0.15, 0.2) is 38.6 Å². The van der Waals surface area contributed by atoms with Crippen molar-refractivity contribution >= 4 is 25.7 Å². The third kappa shape index (κ3) is 3.71. The number of hydrogen-bond acceptors (Lipinski definition) is 6. The van der Waals surface area contributed by atoms with Gasteiger partial charge in [0.25, 0.3) is 10.0 Å². The van der Waals surface area contributed by atoms with Gasteiger partial charge in [-0.05, 0) is 38.1 Å². The molecule has 23 heavy (non-hydrogen) atoms. The van der Waals surface area contributed by atoms with Gasteiger partial charge in [0, 0.05) is 12.2 Å². The lowest BCUT2D eigenvalue weighted by molar-refractivity contribution is 0.390. The van der Waals surface area contributed by atoms with Crippen LogP contribution in [0.2, 0.25) is 0 Å². The maximum absolute atomic E-state index is 12.3. The molecule has 8 nitrogen and oxygen atoms in total. The summed E-state index contributed by atoms with van der Waals surface area (Å²) in [7, 11) is -7.44. The number of hydrogen-bond donors (Lipinski definition) is 2. The van der Waals surface area contributed by atoms with E-state index in [1.165, 1.54) is 38.1 Å². The van der Waals surface area contributed by atoms with Crippen LogP contribution in [0.25, 0.3) is 0 Å². The van der Waals surface area contributed by atoms with Gasteiger partial charge < -0.3 is 4.52 Å². The molecule has 0 saturated carbocycles. The lowest BCUT2D eigenvalue weighted by atomic mass is 10.3. The minimum Gasteiger partial charge on any atom is -0.360 e. The van der Waals surface area contributed by atoms with E-state index in [0.29, 0.717) is 0 Å². The van der Waals surface area contributed by atoms with Gasteiger partial charge in [0.05, 0.1) is 4.90 Å². The van der Waals surface area contributed by atoms with E-state index in [-0.39, 0.29) is 33.5 Å². The molecule has 0 radical (unpaired) electrons. The maximum atomic E-state index is 12.3. The molecule has 0 atom stereocenters. The Morgan fingerprint density at radius 3 is 2.13 bits per heavy atom. The summed E-state index contributed by atoms with van der Waals surface area (Å²) >= 11 is 0. The van der Waals surface area contributed by atoms with Crippen molar-refractivity contribution in [1.29, 1.82) is 0 Å². The third-order valence-corrected chi connectivity index (χ3v) is 6.17. The largest absolute Gasteiger partial charge is 0.360 e. The van der Waals surface area contributed by atoms with Crippen molar-refractivity contribution < 1.29 is 21.4 Å². The molecule has 10 heteroatoms. The molecule has 2 N–H and O–H groups in total. The SMILES string of the molecule is CCNS(=O)(=O)c1ccc(NS(=O)(=O)c2c(C)noc2C)cc1. The van der Waals surface area contributed by atoms with Crippen LogP contribution in [-0.2, 0) is 20.0 Å². The van der Waals surface area contributed by atoms with Gasteiger partial charge in [-0.15, -0.1) is 0 Å². The Bertz CT molecular complexity index is 880. The minimum atomic E-state index is -3.86. The highest BCUT2D eigenvalue weighted by Crippen LogP contribution is 2.23. The molecular weight excluding hydrogens is 342 g/mol. The Hall–Kier alpha value is -1.91. The van der Waals surface area contributed by atoms with E-state index >= 15 is 0 Å². The summed E-state index contributed by atoms with van der Waals surface area (Å²) in [6.07, 6.45) is 0. The molecule has 1 heterocycles. The van der Waals surface area contributed by atoms with Crippen LogP contribution in [0.5, 0.6) is 0 Å². The molecule has 0 bridgehead atoms. The number of aromatic nitrogens is 1. The number of nitrogens with zero attached hydrogens (tertiary/aromatic N) is 1. The summed E-state index contributed by atoms with van der Waals surface area (Å²) < 4.78 is 57.9. The number of anilines is 1. The normalized spacial score (nSPS) is 12.3. The predicted molar refractivity (Wildman–Crippen MR) is 84.1 cm³/mol. The van der Waals surface area contributed by atoms with E-state index in [2.05, 4.69) is 14.6 Å². The Morgan fingerprint density at radius 2 is 1.65 bits per heavy atom. The first kappa shape index (κ1) is 17.4. The zero-order chi connectivity index (χ0) is 17.3. The fourth-order valence-corrected chi connectivity index (χ4v) is 4.47. The Morgan fingerprint density at radius 1 is 1.04 bits per heavy atom. The zero-order valence-corrected chi connectivity index (χ0v) is 14.5. The average molecular weight is 359 g/mol. The van der Waals surface area contributed by atoms with Crippen molar-refractivity contribution in [2.45, 2.75) is 30.6 Å². The first-order valence-electron chi connectivity index (χ1n) is 6.73. The van der Waals surface area contributed by atoms with E-state index in [1.54, 1.807) is 6.92 Å². The molecule has 0 aliphatic carbocycles. The fourth-order valence-electron chi connectivity index (χ4n) is 2.04. The van der Waals surface area contributed by atoms with Crippen LogP contribution in [0.3, 0.4) is 0 Å². The van der Waals surface area contributed by atoms with Gasteiger partial charge in [0.2, 0.25) is 10.0 Å². The topological polar surface area (TPSA) is 118 Å². The van der Waals surface area contributed by atoms with Crippen molar-refractivity contribution in [2.75, 3.05) is 11.3 Å². The summed E-state index contributed by atoms with van der Waals surface area (Å²) in [6.45, 7) is 4.96. The Labute approximate surface area is 135 Å². The molecule has 0 saturated heterocycles. The van der Waals surface area contributed by atoms with E-state index in [9.17, 15) is 16.8 Å². The van der Waals surface area contributed by atoms with E-state index in [4.69, 9.17) is 4.52 Å². The molecule has 0 aliphatic heterocycles. The lowest BCUT2D eigenvalue weighted by Crippen LogP contribution is -2.23. The number of benzene rings is 1. The molecule has 1 aromatic heterocycles. The van der Waals surface area contributed by atoms with Gasteiger partial charge in [0.15, 0.2) is 10.7 Å². The molecule has 0 aliphatic rings.